The third kappa shape index (κ3) is 2.28. The van der Waals surface area contributed by atoms with Gasteiger partial charge in [-0.2, -0.15) is 5.10 Å². The number of hydrogen-bond acceptors (Lipinski definition) is 5. The number of halogens is 1. The Morgan fingerprint density at radius 3 is 2.61 bits per heavy atom. The highest BCUT2D eigenvalue weighted by molar-refractivity contribution is 9.10. The van der Waals surface area contributed by atoms with Gasteiger partial charge in [0.25, 0.3) is 0 Å². The Balaban J connectivity index is 1.45. The molecule has 0 radical (unpaired) electrons. The van der Waals surface area contributed by atoms with Gasteiger partial charge >= 0.3 is 0 Å². The van der Waals surface area contributed by atoms with Gasteiger partial charge in [0.05, 0.1) is 0 Å². The smallest absolute Gasteiger partial charge is 0.156 e. The molecule has 2 saturated heterocycles. The first-order chi connectivity index (χ1) is 11.2. The standard InChI is InChI=1S/C16H20BrN5O/c17-11-5-14-15(18-9-19-21(14)6-11)20-7-12-3-4-13(8-20)22(12)16(23)10-1-2-10/h5-6,9-10,12-13,16,23H,1-4,7-8H2. The molecular formula is C16H20BrN5O. The molecule has 0 spiro atoms. The molecule has 0 amide bonds. The van der Waals surface area contributed by atoms with Crippen molar-refractivity contribution >= 4 is 27.3 Å². The molecule has 1 N–H and O–H groups in total. The SMILES string of the molecule is OC(C1CC1)N1C2CCC1CN(c1ncnn3cc(Br)cc13)C2. The van der Waals surface area contributed by atoms with Crippen LogP contribution in [0.5, 0.6) is 0 Å². The van der Waals surface area contributed by atoms with E-state index in [-0.39, 0.29) is 6.23 Å². The maximum absolute atomic E-state index is 10.6. The van der Waals surface area contributed by atoms with Gasteiger partial charge in [-0.15, -0.1) is 0 Å². The summed E-state index contributed by atoms with van der Waals surface area (Å²) in [4.78, 5) is 9.32. The Bertz CT molecular complexity index is 731. The predicted octanol–water partition coefficient (Wildman–Crippen LogP) is 1.87. The number of aromatic nitrogens is 3. The normalized spacial score (nSPS) is 29.4. The van der Waals surface area contributed by atoms with Crippen LogP contribution in [0.15, 0.2) is 23.1 Å². The van der Waals surface area contributed by atoms with E-state index in [0.717, 1.165) is 28.9 Å². The van der Waals surface area contributed by atoms with Crippen molar-refractivity contribution in [1.82, 2.24) is 19.5 Å². The van der Waals surface area contributed by atoms with Crippen molar-refractivity contribution in [3.63, 3.8) is 0 Å². The fourth-order valence-corrected chi connectivity index (χ4v) is 4.72. The Morgan fingerprint density at radius 2 is 1.91 bits per heavy atom. The molecule has 23 heavy (non-hydrogen) atoms. The van der Waals surface area contributed by atoms with Crippen LogP contribution in [-0.4, -0.2) is 56.0 Å². The van der Waals surface area contributed by atoms with Gasteiger partial charge in [0, 0.05) is 35.8 Å². The van der Waals surface area contributed by atoms with Crippen LogP contribution in [0, 0.1) is 5.92 Å². The van der Waals surface area contributed by atoms with Crippen LogP contribution in [0.25, 0.3) is 5.52 Å². The molecule has 0 aromatic carbocycles. The molecular weight excluding hydrogens is 358 g/mol. The van der Waals surface area contributed by atoms with E-state index < -0.39 is 0 Å². The topological polar surface area (TPSA) is 56.9 Å². The quantitative estimate of drug-likeness (QED) is 0.884. The van der Waals surface area contributed by atoms with Crippen molar-refractivity contribution < 1.29 is 5.11 Å². The molecule has 6 nitrogen and oxygen atoms in total. The van der Waals surface area contributed by atoms with Gasteiger partial charge in [0.2, 0.25) is 0 Å². The van der Waals surface area contributed by atoms with Crippen molar-refractivity contribution in [2.24, 2.45) is 5.92 Å². The molecule has 5 rings (SSSR count). The first-order valence-corrected chi connectivity index (χ1v) is 9.19. The summed E-state index contributed by atoms with van der Waals surface area (Å²) in [5.74, 6) is 1.51. The summed E-state index contributed by atoms with van der Waals surface area (Å²) in [6.45, 7) is 1.88. The molecule has 3 aliphatic rings. The molecule has 3 unspecified atom stereocenters. The molecule has 2 aromatic rings. The third-order valence-electron chi connectivity index (χ3n) is 5.54. The van der Waals surface area contributed by atoms with Crippen LogP contribution < -0.4 is 4.90 Å². The largest absolute Gasteiger partial charge is 0.378 e. The average molecular weight is 378 g/mol. The summed E-state index contributed by atoms with van der Waals surface area (Å²) in [5.41, 5.74) is 1.04. The molecule has 1 aliphatic carbocycles. The predicted molar refractivity (Wildman–Crippen MR) is 90.3 cm³/mol. The summed E-state index contributed by atoms with van der Waals surface area (Å²) >= 11 is 3.52. The summed E-state index contributed by atoms with van der Waals surface area (Å²) < 4.78 is 2.89. The number of piperazine rings is 1. The minimum atomic E-state index is -0.234. The number of rotatable bonds is 3. The second kappa shape index (κ2) is 5.16. The molecule has 1 saturated carbocycles. The molecule has 4 heterocycles. The molecule has 122 valence electrons. The Morgan fingerprint density at radius 1 is 1.17 bits per heavy atom. The Kier molecular flexibility index (Phi) is 3.18. The lowest BCUT2D eigenvalue weighted by atomic mass is 10.1. The van der Waals surface area contributed by atoms with E-state index >= 15 is 0 Å². The summed E-state index contributed by atoms with van der Waals surface area (Å²) in [7, 11) is 0. The first-order valence-electron chi connectivity index (χ1n) is 8.40. The Labute approximate surface area is 143 Å². The third-order valence-corrected chi connectivity index (χ3v) is 5.97. The van der Waals surface area contributed by atoms with E-state index in [1.807, 2.05) is 10.7 Å². The van der Waals surface area contributed by atoms with Crippen LogP contribution in [0.3, 0.4) is 0 Å². The number of anilines is 1. The van der Waals surface area contributed by atoms with Gasteiger partial charge in [0.1, 0.15) is 18.1 Å². The highest BCUT2D eigenvalue weighted by Crippen LogP contribution is 2.41. The van der Waals surface area contributed by atoms with Crippen molar-refractivity contribution in [1.29, 1.82) is 0 Å². The van der Waals surface area contributed by atoms with E-state index in [1.54, 1.807) is 6.33 Å². The van der Waals surface area contributed by atoms with Crippen LogP contribution >= 0.6 is 15.9 Å². The number of aliphatic hydroxyl groups excluding tert-OH is 1. The number of aliphatic hydroxyl groups is 1. The molecule has 2 aliphatic heterocycles. The maximum atomic E-state index is 10.6. The van der Waals surface area contributed by atoms with Gasteiger partial charge in [-0.25, -0.2) is 9.50 Å². The van der Waals surface area contributed by atoms with Crippen molar-refractivity contribution in [3.05, 3.63) is 23.1 Å². The lowest BCUT2D eigenvalue weighted by molar-refractivity contribution is -0.0497. The van der Waals surface area contributed by atoms with E-state index in [2.05, 4.69) is 41.9 Å². The van der Waals surface area contributed by atoms with Crippen molar-refractivity contribution in [2.45, 2.75) is 44.0 Å². The maximum Gasteiger partial charge on any atom is 0.156 e. The minimum Gasteiger partial charge on any atom is -0.378 e. The second-order valence-corrected chi connectivity index (χ2v) is 7.98. The van der Waals surface area contributed by atoms with E-state index in [1.165, 1.54) is 25.7 Å². The number of hydrogen-bond donors (Lipinski definition) is 1. The molecule has 7 heteroatoms. The highest BCUT2D eigenvalue weighted by Gasteiger charge is 2.47. The minimum absolute atomic E-state index is 0.234. The van der Waals surface area contributed by atoms with Gasteiger partial charge < -0.3 is 10.0 Å². The zero-order valence-electron chi connectivity index (χ0n) is 12.8. The monoisotopic (exact) mass is 377 g/mol. The summed E-state index contributed by atoms with van der Waals surface area (Å²) in [5, 5.41) is 14.9. The zero-order valence-corrected chi connectivity index (χ0v) is 14.4. The van der Waals surface area contributed by atoms with Gasteiger partial charge in [-0.05, 0) is 53.6 Å². The van der Waals surface area contributed by atoms with E-state index in [0.29, 0.717) is 18.0 Å². The van der Waals surface area contributed by atoms with Gasteiger partial charge in [-0.1, -0.05) is 0 Å². The molecule has 3 fully saturated rings. The average Bonchev–Trinajstić information content (AvgIpc) is 3.26. The number of nitrogens with zero attached hydrogens (tertiary/aromatic N) is 5. The van der Waals surface area contributed by atoms with Crippen molar-refractivity contribution in [2.75, 3.05) is 18.0 Å². The Hall–Kier alpha value is -1.18. The fourth-order valence-electron chi connectivity index (χ4n) is 4.31. The zero-order chi connectivity index (χ0) is 15.6. The van der Waals surface area contributed by atoms with E-state index in [9.17, 15) is 5.11 Å². The van der Waals surface area contributed by atoms with Gasteiger partial charge in [0.15, 0.2) is 5.82 Å². The highest BCUT2D eigenvalue weighted by atomic mass is 79.9. The summed E-state index contributed by atoms with van der Waals surface area (Å²) in [6, 6.07) is 2.96. The van der Waals surface area contributed by atoms with Crippen LogP contribution in [0.2, 0.25) is 0 Å². The van der Waals surface area contributed by atoms with Gasteiger partial charge in [-0.3, -0.25) is 4.90 Å². The first kappa shape index (κ1) is 14.2. The lowest BCUT2D eigenvalue weighted by Gasteiger charge is -2.44. The molecule has 2 bridgehead atoms. The summed E-state index contributed by atoms with van der Waals surface area (Å²) in [6.07, 6.45) is 8.08. The van der Waals surface area contributed by atoms with Crippen LogP contribution in [0.1, 0.15) is 25.7 Å². The fraction of sp³-hybridized carbons (Fsp3) is 0.625. The number of fused-ring (bicyclic) bond motifs is 3. The van der Waals surface area contributed by atoms with Crippen LogP contribution in [-0.2, 0) is 0 Å². The molecule has 2 aromatic heterocycles. The van der Waals surface area contributed by atoms with Crippen molar-refractivity contribution in [3.8, 4) is 0 Å². The molecule has 3 atom stereocenters. The van der Waals surface area contributed by atoms with E-state index in [4.69, 9.17) is 0 Å². The van der Waals surface area contributed by atoms with Crippen LogP contribution in [0.4, 0.5) is 5.82 Å². The lowest BCUT2D eigenvalue weighted by Crippen LogP contribution is -2.58. The second-order valence-electron chi connectivity index (χ2n) is 7.06.